The summed E-state index contributed by atoms with van der Waals surface area (Å²) in [6, 6.07) is 0. The van der Waals surface area contributed by atoms with E-state index in [1.165, 1.54) is 0 Å². The van der Waals surface area contributed by atoms with E-state index in [1.54, 1.807) is 8.61 Å². The molecule has 2 aliphatic rings. The summed E-state index contributed by atoms with van der Waals surface area (Å²) in [5.41, 5.74) is 5.59. The van der Waals surface area contributed by atoms with Gasteiger partial charge in [0.05, 0.1) is 0 Å². The van der Waals surface area contributed by atoms with Crippen molar-refractivity contribution in [1.29, 1.82) is 0 Å². The first-order valence-corrected chi connectivity index (χ1v) is 9.28. The molecule has 0 saturated carbocycles. The molecule has 2 unspecified atom stereocenters. The number of nitrogens with two attached hydrogens (primary N) is 1. The summed E-state index contributed by atoms with van der Waals surface area (Å²) in [6.07, 6.45) is 4.06. The van der Waals surface area contributed by atoms with Crippen LogP contribution in [0.4, 0.5) is 0 Å². The molecule has 6 heteroatoms. The van der Waals surface area contributed by atoms with Gasteiger partial charge >= 0.3 is 0 Å². The topological polar surface area (TPSA) is 66.6 Å². The Balaban J connectivity index is 1.97. The van der Waals surface area contributed by atoms with E-state index < -0.39 is 10.2 Å². The van der Waals surface area contributed by atoms with Crippen molar-refractivity contribution >= 4 is 10.2 Å². The maximum Gasteiger partial charge on any atom is 0.281 e. The van der Waals surface area contributed by atoms with Gasteiger partial charge in [-0.1, -0.05) is 13.8 Å². The minimum atomic E-state index is -3.25. The third-order valence-corrected chi connectivity index (χ3v) is 6.60. The fourth-order valence-electron chi connectivity index (χ4n) is 3.62. The number of piperidine rings is 2. The van der Waals surface area contributed by atoms with Crippen LogP contribution in [0, 0.1) is 17.8 Å². The van der Waals surface area contributed by atoms with Gasteiger partial charge in [0, 0.05) is 26.2 Å². The molecule has 2 heterocycles. The van der Waals surface area contributed by atoms with E-state index in [4.69, 9.17) is 5.73 Å². The van der Waals surface area contributed by atoms with Crippen molar-refractivity contribution < 1.29 is 8.42 Å². The third kappa shape index (κ3) is 3.72. The molecule has 0 aromatic rings. The highest BCUT2D eigenvalue weighted by molar-refractivity contribution is 7.86. The number of nitrogens with zero attached hydrogens (tertiary/aromatic N) is 2. The first kappa shape index (κ1) is 16.2. The highest BCUT2D eigenvalue weighted by atomic mass is 32.2. The third-order valence-electron chi connectivity index (χ3n) is 4.64. The quantitative estimate of drug-likeness (QED) is 0.850. The Labute approximate surface area is 123 Å². The minimum absolute atomic E-state index is 0.461. The lowest BCUT2D eigenvalue weighted by atomic mass is 9.94. The molecule has 2 N–H and O–H groups in total. The van der Waals surface area contributed by atoms with Crippen molar-refractivity contribution in [2.75, 3.05) is 32.7 Å². The van der Waals surface area contributed by atoms with Crippen LogP contribution in [0.3, 0.4) is 0 Å². The Hall–Kier alpha value is -0.170. The molecular weight excluding hydrogens is 274 g/mol. The molecular formula is C14H29N3O2S. The van der Waals surface area contributed by atoms with E-state index in [9.17, 15) is 8.42 Å². The van der Waals surface area contributed by atoms with E-state index in [0.29, 0.717) is 50.5 Å². The van der Waals surface area contributed by atoms with Gasteiger partial charge in [-0.2, -0.15) is 17.0 Å². The lowest BCUT2D eigenvalue weighted by Crippen LogP contribution is -2.51. The van der Waals surface area contributed by atoms with Crippen LogP contribution in [0.5, 0.6) is 0 Å². The molecule has 2 saturated heterocycles. The van der Waals surface area contributed by atoms with Crippen LogP contribution in [-0.4, -0.2) is 49.8 Å². The average molecular weight is 303 g/mol. The van der Waals surface area contributed by atoms with Crippen molar-refractivity contribution in [2.45, 2.75) is 39.5 Å². The predicted molar refractivity (Wildman–Crippen MR) is 81.4 cm³/mol. The molecule has 5 nitrogen and oxygen atoms in total. The average Bonchev–Trinajstić information content (AvgIpc) is 2.38. The molecule has 0 radical (unpaired) electrons. The maximum atomic E-state index is 12.7. The van der Waals surface area contributed by atoms with Crippen molar-refractivity contribution in [1.82, 2.24) is 8.61 Å². The normalized spacial score (nSPS) is 31.6. The summed E-state index contributed by atoms with van der Waals surface area (Å²) >= 11 is 0. The lowest BCUT2D eigenvalue weighted by molar-refractivity contribution is 0.195. The number of hydrogen-bond donors (Lipinski definition) is 1. The van der Waals surface area contributed by atoms with Gasteiger partial charge in [-0.05, 0) is 50.0 Å². The van der Waals surface area contributed by atoms with Crippen LogP contribution >= 0.6 is 0 Å². The fraction of sp³-hybridized carbons (Fsp3) is 1.00. The summed E-state index contributed by atoms with van der Waals surface area (Å²) in [5, 5.41) is 0. The van der Waals surface area contributed by atoms with Gasteiger partial charge in [-0.15, -0.1) is 0 Å². The highest BCUT2D eigenvalue weighted by Crippen LogP contribution is 2.28. The van der Waals surface area contributed by atoms with Gasteiger partial charge in [-0.3, -0.25) is 0 Å². The first-order valence-electron chi connectivity index (χ1n) is 7.88. The summed E-state index contributed by atoms with van der Waals surface area (Å²) in [7, 11) is -3.25. The Morgan fingerprint density at radius 2 is 1.60 bits per heavy atom. The molecule has 0 aromatic carbocycles. The molecule has 0 bridgehead atoms. The van der Waals surface area contributed by atoms with Crippen molar-refractivity contribution in [3.05, 3.63) is 0 Å². The fourth-order valence-corrected chi connectivity index (χ4v) is 5.51. The van der Waals surface area contributed by atoms with Gasteiger partial charge in [0.2, 0.25) is 0 Å². The molecule has 2 rings (SSSR count). The number of hydrogen-bond acceptors (Lipinski definition) is 3. The van der Waals surface area contributed by atoms with Gasteiger partial charge in [0.1, 0.15) is 0 Å². The second-order valence-corrected chi connectivity index (χ2v) is 8.62. The minimum Gasteiger partial charge on any atom is -0.330 e. The molecule has 2 aliphatic heterocycles. The van der Waals surface area contributed by atoms with E-state index >= 15 is 0 Å². The second kappa shape index (κ2) is 6.73. The zero-order valence-electron chi connectivity index (χ0n) is 12.8. The molecule has 20 heavy (non-hydrogen) atoms. The molecule has 0 aromatic heterocycles. The standard InChI is InChI=1S/C14H29N3O2S/c1-12-9-13(2)11-17(10-12)20(18,19)16-7-4-14(3-6-15)5-8-16/h12-14H,3-11,15H2,1-2H3. The first-order chi connectivity index (χ1) is 9.43. The summed E-state index contributed by atoms with van der Waals surface area (Å²) in [6.45, 7) is 7.67. The molecule has 2 fully saturated rings. The predicted octanol–water partition coefficient (Wildman–Crippen LogP) is 1.27. The monoisotopic (exact) mass is 303 g/mol. The Bertz CT molecular complexity index is 395. The smallest absolute Gasteiger partial charge is 0.281 e. The summed E-state index contributed by atoms with van der Waals surface area (Å²) < 4.78 is 28.8. The Morgan fingerprint density at radius 3 is 2.10 bits per heavy atom. The van der Waals surface area contributed by atoms with Gasteiger partial charge in [0.15, 0.2) is 0 Å². The maximum absolute atomic E-state index is 12.7. The second-order valence-electron chi connectivity index (χ2n) is 6.69. The number of rotatable bonds is 4. The van der Waals surface area contributed by atoms with Crippen molar-refractivity contribution in [3.63, 3.8) is 0 Å². The molecule has 118 valence electrons. The Morgan fingerprint density at radius 1 is 1.05 bits per heavy atom. The zero-order chi connectivity index (χ0) is 14.8. The van der Waals surface area contributed by atoms with Crippen molar-refractivity contribution in [3.8, 4) is 0 Å². The highest BCUT2D eigenvalue weighted by Gasteiger charge is 2.36. The van der Waals surface area contributed by atoms with Crippen LogP contribution < -0.4 is 5.73 Å². The lowest BCUT2D eigenvalue weighted by Gasteiger charge is -2.39. The summed E-state index contributed by atoms with van der Waals surface area (Å²) in [5.74, 6) is 1.53. The molecule has 2 atom stereocenters. The molecule has 0 aliphatic carbocycles. The van der Waals surface area contributed by atoms with Crippen molar-refractivity contribution in [2.24, 2.45) is 23.5 Å². The van der Waals surface area contributed by atoms with Crippen LogP contribution in [0.2, 0.25) is 0 Å². The van der Waals surface area contributed by atoms with Crippen LogP contribution in [0.1, 0.15) is 39.5 Å². The van der Waals surface area contributed by atoms with Crippen LogP contribution in [0.15, 0.2) is 0 Å². The molecule has 0 amide bonds. The zero-order valence-corrected chi connectivity index (χ0v) is 13.6. The van der Waals surface area contributed by atoms with E-state index in [1.807, 2.05) is 0 Å². The summed E-state index contributed by atoms with van der Waals surface area (Å²) in [4.78, 5) is 0. The van der Waals surface area contributed by atoms with Gasteiger partial charge in [-0.25, -0.2) is 0 Å². The van der Waals surface area contributed by atoms with E-state index in [-0.39, 0.29) is 0 Å². The SMILES string of the molecule is CC1CC(C)CN(S(=O)(=O)N2CCC(CCN)CC2)C1. The van der Waals surface area contributed by atoms with Crippen LogP contribution in [-0.2, 0) is 10.2 Å². The van der Waals surface area contributed by atoms with Gasteiger partial charge in [0.25, 0.3) is 10.2 Å². The van der Waals surface area contributed by atoms with Crippen LogP contribution in [0.25, 0.3) is 0 Å². The largest absolute Gasteiger partial charge is 0.330 e. The van der Waals surface area contributed by atoms with E-state index in [2.05, 4.69) is 13.8 Å². The Kier molecular flexibility index (Phi) is 5.45. The van der Waals surface area contributed by atoms with E-state index in [0.717, 1.165) is 25.7 Å². The van der Waals surface area contributed by atoms with Gasteiger partial charge < -0.3 is 5.73 Å². The molecule has 0 spiro atoms.